The molecule has 8 heteroatoms. The number of para-hydroxylation sites is 4. The maximum absolute atomic E-state index is 14.7. The molecule has 2 atom stereocenters. The largest absolute Gasteiger partial charge is 0.507 e. The molecular formula is C44H54N2O6. The Bertz CT molecular complexity index is 1740. The molecule has 8 nitrogen and oxygen atoms in total. The predicted octanol–water partition coefficient (Wildman–Crippen LogP) is 8.17. The first-order valence-corrected chi connectivity index (χ1v) is 18.9. The highest BCUT2D eigenvalue weighted by Gasteiger charge is 2.37. The zero-order valence-electron chi connectivity index (χ0n) is 31.6. The summed E-state index contributed by atoms with van der Waals surface area (Å²) < 4.78 is 13.0. The quantitative estimate of drug-likeness (QED) is 0.154. The second-order valence-corrected chi connectivity index (χ2v) is 13.3. The number of amides is 2. The smallest absolute Gasteiger partial charge is 0.234 e. The van der Waals surface area contributed by atoms with Gasteiger partial charge in [-0.2, -0.15) is 0 Å². The van der Waals surface area contributed by atoms with Gasteiger partial charge >= 0.3 is 0 Å². The van der Waals surface area contributed by atoms with Crippen LogP contribution in [0.3, 0.4) is 0 Å². The number of aromatic hydroxyl groups is 2. The Morgan fingerprint density at radius 2 is 0.885 bits per heavy atom. The van der Waals surface area contributed by atoms with Gasteiger partial charge in [-0.15, -0.1) is 0 Å². The van der Waals surface area contributed by atoms with Crippen LogP contribution < -0.4 is 9.47 Å². The van der Waals surface area contributed by atoms with E-state index in [1.807, 2.05) is 107 Å². The number of ether oxygens (including phenoxy) is 2. The molecule has 4 aromatic carbocycles. The van der Waals surface area contributed by atoms with E-state index in [0.29, 0.717) is 104 Å². The van der Waals surface area contributed by atoms with Gasteiger partial charge in [-0.05, 0) is 62.8 Å². The van der Waals surface area contributed by atoms with Crippen LogP contribution in [0.4, 0.5) is 0 Å². The van der Waals surface area contributed by atoms with Gasteiger partial charge < -0.3 is 29.5 Å². The van der Waals surface area contributed by atoms with Gasteiger partial charge in [-0.3, -0.25) is 9.59 Å². The van der Waals surface area contributed by atoms with Crippen LogP contribution in [-0.2, 0) is 22.4 Å². The van der Waals surface area contributed by atoms with Crippen LogP contribution in [-0.4, -0.2) is 71.2 Å². The Hall–Kier alpha value is -4.98. The fourth-order valence-corrected chi connectivity index (χ4v) is 7.39. The van der Waals surface area contributed by atoms with E-state index in [1.165, 1.54) is 0 Å². The summed E-state index contributed by atoms with van der Waals surface area (Å²) in [6.07, 6.45) is 2.23. The number of hydrogen-bond acceptors (Lipinski definition) is 6. The third kappa shape index (κ3) is 7.62. The molecule has 0 unspecified atom stereocenters. The lowest BCUT2D eigenvalue weighted by Crippen LogP contribution is -2.36. The fourth-order valence-electron chi connectivity index (χ4n) is 7.39. The molecule has 0 heterocycles. The van der Waals surface area contributed by atoms with Crippen LogP contribution in [0.1, 0.15) is 111 Å². The molecule has 276 valence electrons. The molecule has 8 bridgehead atoms. The van der Waals surface area contributed by atoms with Crippen molar-refractivity contribution in [1.82, 2.24) is 9.80 Å². The van der Waals surface area contributed by atoms with Gasteiger partial charge in [0.05, 0.1) is 25.0 Å². The van der Waals surface area contributed by atoms with Crippen molar-refractivity contribution in [2.45, 2.75) is 79.1 Å². The lowest BCUT2D eigenvalue weighted by atomic mass is 9.81. The third-order valence-electron chi connectivity index (χ3n) is 10.1. The highest BCUT2D eigenvalue weighted by Crippen LogP contribution is 2.46. The van der Waals surface area contributed by atoms with E-state index in [2.05, 4.69) is 6.92 Å². The van der Waals surface area contributed by atoms with Gasteiger partial charge in [0.1, 0.15) is 23.0 Å². The highest BCUT2D eigenvalue weighted by atomic mass is 16.5. The Morgan fingerprint density at radius 3 is 1.29 bits per heavy atom. The van der Waals surface area contributed by atoms with Crippen molar-refractivity contribution in [2.75, 3.05) is 39.4 Å². The number of carbonyl (C=O) groups excluding carboxylic acids is 2. The van der Waals surface area contributed by atoms with Crippen molar-refractivity contribution in [1.29, 1.82) is 0 Å². The van der Waals surface area contributed by atoms with Crippen molar-refractivity contribution < 1.29 is 29.3 Å². The van der Waals surface area contributed by atoms with Gasteiger partial charge in [-0.1, -0.05) is 86.6 Å². The average molecular weight is 707 g/mol. The maximum atomic E-state index is 14.7. The SMILES string of the molecule is CCCOc1c2cccc1Cc1cccc(c1O)[C@H](C(=O)N(CC)CC)c1cccc(c1OCCC)[C@H](C(=O)N(CC)CC)c1cccc(c1O)C2. The van der Waals surface area contributed by atoms with Crippen molar-refractivity contribution >= 4 is 11.8 Å². The Kier molecular flexibility index (Phi) is 12.9. The third-order valence-corrected chi connectivity index (χ3v) is 10.1. The van der Waals surface area contributed by atoms with Gasteiger partial charge in [0.15, 0.2) is 0 Å². The topological polar surface area (TPSA) is 99.5 Å². The van der Waals surface area contributed by atoms with Crippen LogP contribution in [0.5, 0.6) is 23.0 Å². The first-order valence-electron chi connectivity index (χ1n) is 18.9. The molecule has 0 aliphatic heterocycles. The van der Waals surface area contributed by atoms with Crippen LogP contribution >= 0.6 is 0 Å². The fraction of sp³-hybridized carbons (Fsp3) is 0.409. The lowest BCUT2D eigenvalue weighted by Gasteiger charge is -2.31. The molecule has 1 aliphatic carbocycles. The second kappa shape index (κ2) is 17.5. The zero-order chi connectivity index (χ0) is 37.4. The number of likely N-dealkylation sites (N-methyl/N-ethyl adjacent to an activating group) is 2. The summed E-state index contributed by atoms with van der Waals surface area (Å²) in [6.45, 7) is 14.6. The zero-order valence-corrected chi connectivity index (χ0v) is 31.6. The van der Waals surface area contributed by atoms with Gasteiger partial charge in [-0.25, -0.2) is 0 Å². The van der Waals surface area contributed by atoms with Crippen molar-refractivity contribution in [3.8, 4) is 23.0 Å². The average Bonchev–Trinajstić information content (AvgIpc) is 3.14. The molecule has 0 fully saturated rings. The first kappa shape index (κ1) is 38.3. The van der Waals surface area contributed by atoms with Crippen molar-refractivity contribution in [2.24, 2.45) is 0 Å². The van der Waals surface area contributed by atoms with E-state index in [0.717, 1.165) is 17.5 Å². The summed E-state index contributed by atoms with van der Waals surface area (Å²) in [6, 6.07) is 22.7. The normalized spacial score (nSPS) is 15.1. The number of benzene rings is 4. The number of phenols is 2. The van der Waals surface area contributed by atoms with E-state index in [9.17, 15) is 19.8 Å². The number of fused-ring (bicyclic) bond motifs is 8. The number of carbonyl (C=O) groups is 2. The summed E-state index contributed by atoms with van der Waals surface area (Å²) >= 11 is 0. The summed E-state index contributed by atoms with van der Waals surface area (Å²) in [4.78, 5) is 33.0. The number of hydrogen-bond donors (Lipinski definition) is 2. The van der Waals surface area contributed by atoms with Crippen LogP contribution in [0, 0.1) is 0 Å². The van der Waals surface area contributed by atoms with E-state index < -0.39 is 11.8 Å². The number of phenolic OH excluding ortho intramolecular Hbond substituents is 2. The van der Waals surface area contributed by atoms with E-state index in [4.69, 9.17) is 9.47 Å². The van der Waals surface area contributed by atoms with Gasteiger partial charge in [0.2, 0.25) is 11.8 Å². The minimum Gasteiger partial charge on any atom is -0.507 e. The van der Waals surface area contributed by atoms with E-state index in [1.54, 1.807) is 9.80 Å². The number of rotatable bonds is 12. The number of nitrogens with zero attached hydrogens (tertiary/aromatic N) is 2. The van der Waals surface area contributed by atoms with Crippen LogP contribution in [0.15, 0.2) is 72.8 Å². The minimum absolute atomic E-state index is 0.0393. The molecule has 5 rings (SSSR count). The molecular weight excluding hydrogens is 652 g/mol. The molecule has 1 aliphatic rings. The summed E-state index contributed by atoms with van der Waals surface area (Å²) in [5.41, 5.74) is 5.13. The highest BCUT2D eigenvalue weighted by molar-refractivity contribution is 5.92. The first-order chi connectivity index (χ1) is 25.2. The second-order valence-electron chi connectivity index (χ2n) is 13.3. The minimum atomic E-state index is -0.939. The molecule has 2 N–H and O–H groups in total. The Morgan fingerprint density at radius 1 is 0.538 bits per heavy atom. The maximum Gasteiger partial charge on any atom is 0.234 e. The standard InChI is InChI=1S/C44H54N2O6/c1-7-25-51-41-31-19-13-20-32(41)28-30-18-15-22-34(40(30)48)38(44(50)46(11-5)12-6)36-24-16-23-35(42(36)52-26-8-2)37(43(49)45(9-3)10-4)33-21-14-17-29(27-31)39(33)47/h13-24,37-38,47-48H,7-12,25-28H2,1-6H3/t37-,38+. The predicted molar refractivity (Wildman–Crippen MR) is 206 cm³/mol. The lowest BCUT2D eigenvalue weighted by molar-refractivity contribution is -0.132. The van der Waals surface area contributed by atoms with Crippen LogP contribution in [0.2, 0.25) is 0 Å². The Balaban J connectivity index is 1.93. The molecule has 0 saturated heterocycles. The van der Waals surface area contributed by atoms with Crippen molar-refractivity contribution in [3.05, 3.63) is 117 Å². The monoisotopic (exact) mass is 706 g/mol. The van der Waals surface area contributed by atoms with Crippen LogP contribution in [0.25, 0.3) is 0 Å². The molecule has 4 aromatic rings. The van der Waals surface area contributed by atoms with Gasteiger partial charge in [0, 0.05) is 61.3 Å². The molecule has 0 aromatic heterocycles. The molecule has 52 heavy (non-hydrogen) atoms. The van der Waals surface area contributed by atoms with E-state index in [-0.39, 0.29) is 23.3 Å². The summed E-state index contributed by atoms with van der Waals surface area (Å²) in [7, 11) is 0. The molecule has 0 radical (unpaired) electrons. The Labute approximate surface area is 309 Å². The summed E-state index contributed by atoms with van der Waals surface area (Å²) in [5.74, 6) is -1.03. The van der Waals surface area contributed by atoms with E-state index >= 15 is 0 Å². The summed E-state index contributed by atoms with van der Waals surface area (Å²) in [5, 5.41) is 24.3. The molecule has 0 saturated carbocycles. The van der Waals surface area contributed by atoms with Gasteiger partial charge in [0.25, 0.3) is 0 Å². The molecule has 0 spiro atoms. The van der Waals surface area contributed by atoms with Crippen molar-refractivity contribution in [3.63, 3.8) is 0 Å². The molecule has 2 amide bonds.